The summed E-state index contributed by atoms with van der Waals surface area (Å²) in [5.74, 6) is 0.533. The average molecular weight is 232 g/mol. The molecule has 0 fully saturated rings. The molecule has 0 unspecified atom stereocenters. The third kappa shape index (κ3) is 2.87. The Labute approximate surface area is 98.1 Å². The molecule has 0 aliphatic rings. The molecule has 16 heavy (non-hydrogen) atoms. The van der Waals surface area contributed by atoms with Gasteiger partial charge in [-0.3, -0.25) is 0 Å². The summed E-state index contributed by atoms with van der Waals surface area (Å²) >= 11 is 1.63. The Balaban J connectivity index is 2.04. The lowest BCUT2D eigenvalue weighted by atomic mass is 10.4. The molecule has 2 heterocycles. The minimum absolute atomic E-state index is 0.533. The number of thiophene rings is 1. The van der Waals surface area contributed by atoms with Crippen molar-refractivity contribution in [3.8, 4) is 0 Å². The molecule has 5 heteroatoms. The molecule has 82 valence electrons. The van der Waals surface area contributed by atoms with Crippen molar-refractivity contribution in [2.75, 3.05) is 5.43 Å². The second kappa shape index (κ2) is 4.85. The lowest BCUT2D eigenvalue weighted by molar-refractivity contribution is 1.04. The van der Waals surface area contributed by atoms with Crippen molar-refractivity contribution in [1.82, 2.24) is 9.97 Å². The molecule has 4 nitrogen and oxygen atoms in total. The van der Waals surface area contributed by atoms with E-state index in [-0.39, 0.29) is 0 Å². The second-order valence-corrected chi connectivity index (χ2v) is 4.34. The van der Waals surface area contributed by atoms with Gasteiger partial charge in [0.1, 0.15) is 0 Å². The van der Waals surface area contributed by atoms with Crippen molar-refractivity contribution in [2.24, 2.45) is 5.10 Å². The largest absolute Gasteiger partial charge is 0.245 e. The van der Waals surface area contributed by atoms with Crippen molar-refractivity contribution in [2.45, 2.75) is 13.8 Å². The van der Waals surface area contributed by atoms with E-state index in [2.05, 4.69) is 20.5 Å². The van der Waals surface area contributed by atoms with E-state index in [1.54, 1.807) is 17.6 Å². The summed E-state index contributed by atoms with van der Waals surface area (Å²) in [7, 11) is 0. The molecule has 0 saturated heterocycles. The minimum Gasteiger partial charge on any atom is -0.245 e. The summed E-state index contributed by atoms with van der Waals surface area (Å²) in [5, 5.41) is 6.09. The number of hydrazone groups is 1. The van der Waals surface area contributed by atoms with E-state index in [1.807, 2.05) is 37.4 Å². The summed E-state index contributed by atoms with van der Waals surface area (Å²) in [6, 6.07) is 5.91. The molecule has 0 aromatic carbocycles. The lowest BCUT2D eigenvalue weighted by Crippen LogP contribution is -1.99. The van der Waals surface area contributed by atoms with Crippen LogP contribution < -0.4 is 5.43 Å². The number of anilines is 1. The van der Waals surface area contributed by atoms with Gasteiger partial charge in [-0.25, -0.2) is 15.4 Å². The first-order valence-corrected chi connectivity index (χ1v) is 5.77. The predicted octanol–water partition coefficient (Wildman–Crippen LogP) is 2.60. The first-order chi connectivity index (χ1) is 7.74. The van der Waals surface area contributed by atoms with E-state index in [9.17, 15) is 0 Å². The molecular weight excluding hydrogens is 220 g/mol. The number of nitrogens with zero attached hydrogens (tertiary/aromatic N) is 3. The monoisotopic (exact) mass is 232 g/mol. The highest BCUT2D eigenvalue weighted by Gasteiger charge is 1.96. The summed E-state index contributed by atoms with van der Waals surface area (Å²) in [6.07, 6.45) is 1.76. The molecule has 0 atom stereocenters. The van der Waals surface area contributed by atoms with Gasteiger partial charge in [0.25, 0.3) is 0 Å². The normalized spacial score (nSPS) is 10.9. The number of hydrogen-bond acceptors (Lipinski definition) is 5. The highest BCUT2D eigenvalue weighted by Crippen LogP contribution is 2.06. The third-order valence-corrected chi connectivity index (χ3v) is 2.69. The van der Waals surface area contributed by atoms with Crippen molar-refractivity contribution in [3.63, 3.8) is 0 Å². The molecule has 2 aromatic heterocycles. The van der Waals surface area contributed by atoms with Crippen LogP contribution in [-0.4, -0.2) is 16.2 Å². The Bertz CT molecular complexity index is 470. The third-order valence-electron chi connectivity index (χ3n) is 1.88. The standard InChI is InChI=1S/C11H12N4S/c1-8-6-9(2)14-11(13-8)15-12-7-10-4-3-5-16-10/h3-7H,1-2H3,(H,13,14,15)/b12-7+. The maximum absolute atomic E-state index is 4.22. The maximum Gasteiger partial charge on any atom is 0.243 e. The number of rotatable bonds is 3. The van der Waals surface area contributed by atoms with Gasteiger partial charge in [-0.15, -0.1) is 11.3 Å². The Kier molecular flexibility index (Phi) is 3.26. The van der Waals surface area contributed by atoms with Crippen molar-refractivity contribution in [1.29, 1.82) is 0 Å². The van der Waals surface area contributed by atoms with E-state index in [0.29, 0.717) is 5.95 Å². The zero-order valence-corrected chi connectivity index (χ0v) is 9.95. The van der Waals surface area contributed by atoms with Gasteiger partial charge in [-0.2, -0.15) is 5.10 Å². The number of nitrogens with one attached hydrogen (secondary N) is 1. The molecule has 1 N–H and O–H groups in total. The molecule has 0 amide bonds. The fraction of sp³-hybridized carbons (Fsp3) is 0.182. The molecule has 2 aromatic rings. The molecule has 0 radical (unpaired) electrons. The first-order valence-electron chi connectivity index (χ1n) is 4.89. The van der Waals surface area contributed by atoms with Crippen LogP contribution in [-0.2, 0) is 0 Å². The van der Waals surface area contributed by atoms with Crippen molar-refractivity contribution in [3.05, 3.63) is 39.8 Å². The number of aryl methyl sites for hydroxylation is 2. The molecule has 0 saturated carbocycles. The van der Waals surface area contributed by atoms with E-state index in [0.717, 1.165) is 16.3 Å². The summed E-state index contributed by atoms with van der Waals surface area (Å²) in [4.78, 5) is 9.53. The molecule has 0 aliphatic heterocycles. The molecule has 2 rings (SSSR count). The fourth-order valence-electron chi connectivity index (χ4n) is 1.29. The van der Waals surface area contributed by atoms with E-state index >= 15 is 0 Å². The van der Waals surface area contributed by atoms with Crippen LogP contribution in [0.2, 0.25) is 0 Å². The minimum atomic E-state index is 0.533. The molecule has 0 aliphatic carbocycles. The maximum atomic E-state index is 4.22. The molecule has 0 bridgehead atoms. The van der Waals surface area contributed by atoms with Crippen LogP contribution in [0.1, 0.15) is 16.3 Å². The predicted molar refractivity (Wildman–Crippen MR) is 67.0 cm³/mol. The molecule has 0 spiro atoms. The SMILES string of the molecule is Cc1cc(C)nc(N/N=C/c2cccs2)n1. The van der Waals surface area contributed by atoms with E-state index < -0.39 is 0 Å². The van der Waals surface area contributed by atoms with Gasteiger partial charge in [0.05, 0.1) is 6.21 Å². The van der Waals surface area contributed by atoms with Gasteiger partial charge in [0.15, 0.2) is 0 Å². The highest BCUT2D eigenvalue weighted by atomic mass is 32.1. The van der Waals surface area contributed by atoms with Gasteiger partial charge in [0.2, 0.25) is 5.95 Å². The Hall–Kier alpha value is -1.75. The average Bonchev–Trinajstić information content (AvgIpc) is 2.69. The summed E-state index contributed by atoms with van der Waals surface area (Å²) in [5.41, 5.74) is 4.68. The van der Waals surface area contributed by atoms with Gasteiger partial charge in [-0.1, -0.05) is 6.07 Å². The van der Waals surface area contributed by atoms with Gasteiger partial charge >= 0.3 is 0 Å². The van der Waals surface area contributed by atoms with Crippen LogP contribution in [0, 0.1) is 13.8 Å². The lowest BCUT2D eigenvalue weighted by Gasteiger charge is -2.00. The van der Waals surface area contributed by atoms with E-state index in [4.69, 9.17) is 0 Å². The van der Waals surface area contributed by atoms with Gasteiger partial charge in [-0.05, 0) is 31.4 Å². The number of aromatic nitrogens is 2. The van der Waals surface area contributed by atoms with Gasteiger partial charge < -0.3 is 0 Å². The Morgan fingerprint density at radius 3 is 2.69 bits per heavy atom. The van der Waals surface area contributed by atoms with Crippen LogP contribution in [0.25, 0.3) is 0 Å². The zero-order chi connectivity index (χ0) is 11.4. The topological polar surface area (TPSA) is 50.2 Å². The zero-order valence-electron chi connectivity index (χ0n) is 9.14. The Morgan fingerprint density at radius 2 is 2.06 bits per heavy atom. The highest BCUT2D eigenvalue weighted by molar-refractivity contribution is 7.11. The Morgan fingerprint density at radius 1 is 1.31 bits per heavy atom. The van der Waals surface area contributed by atoms with Crippen molar-refractivity contribution >= 4 is 23.5 Å². The van der Waals surface area contributed by atoms with Crippen LogP contribution in [0.5, 0.6) is 0 Å². The van der Waals surface area contributed by atoms with Gasteiger partial charge in [0, 0.05) is 16.3 Å². The summed E-state index contributed by atoms with van der Waals surface area (Å²) < 4.78 is 0. The molecular formula is C11H12N4S. The summed E-state index contributed by atoms with van der Waals surface area (Å²) in [6.45, 7) is 3.87. The number of hydrogen-bond donors (Lipinski definition) is 1. The van der Waals surface area contributed by atoms with Crippen molar-refractivity contribution < 1.29 is 0 Å². The van der Waals surface area contributed by atoms with Crippen LogP contribution in [0.3, 0.4) is 0 Å². The second-order valence-electron chi connectivity index (χ2n) is 3.36. The van der Waals surface area contributed by atoms with Crippen LogP contribution in [0.15, 0.2) is 28.7 Å². The van der Waals surface area contributed by atoms with E-state index in [1.165, 1.54) is 0 Å². The smallest absolute Gasteiger partial charge is 0.243 e. The van der Waals surface area contributed by atoms with Crippen LogP contribution in [0.4, 0.5) is 5.95 Å². The quantitative estimate of drug-likeness (QED) is 0.653. The first kappa shape index (κ1) is 10.8. The fourth-order valence-corrected chi connectivity index (χ4v) is 1.88. The van der Waals surface area contributed by atoms with Crippen LogP contribution >= 0.6 is 11.3 Å².